The number of halogens is 1. The molecule has 6 amide bonds. The summed E-state index contributed by atoms with van der Waals surface area (Å²) in [5, 5.41) is 8.99. The lowest BCUT2D eigenvalue weighted by Gasteiger charge is -2.30. The Balaban J connectivity index is 0.939. The quantitative estimate of drug-likeness (QED) is 0.164. The molecule has 10 rings (SSSR count). The molecule has 2 aromatic heterocycles. The van der Waals surface area contributed by atoms with Crippen molar-refractivity contribution in [2.45, 2.75) is 51.9 Å². The van der Waals surface area contributed by atoms with E-state index < -0.39 is 41.3 Å². The zero-order valence-corrected chi connectivity index (χ0v) is 39.6. The Kier molecular flexibility index (Phi) is 11.6. The average Bonchev–Trinajstić information content (AvgIpc) is 4.16. The van der Waals surface area contributed by atoms with Crippen molar-refractivity contribution in [3.8, 4) is 28.6 Å². The fourth-order valence-corrected chi connectivity index (χ4v) is 10.4. The molecular formula is C51H49FN10O9. The molecule has 364 valence electrons. The molecule has 1 unspecified atom stereocenters. The number of fused-ring (bicyclic) bond motifs is 2. The highest BCUT2D eigenvalue weighted by molar-refractivity contribution is 6.11. The van der Waals surface area contributed by atoms with Gasteiger partial charge < -0.3 is 45.3 Å². The van der Waals surface area contributed by atoms with E-state index in [9.17, 15) is 28.8 Å². The summed E-state index contributed by atoms with van der Waals surface area (Å²) in [4.78, 5) is 87.9. The van der Waals surface area contributed by atoms with Gasteiger partial charge in [0, 0.05) is 84.2 Å². The van der Waals surface area contributed by atoms with Crippen LogP contribution in [0.3, 0.4) is 0 Å². The van der Waals surface area contributed by atoms with Crippen LogP contribution in [0, 0.1) is 19.7 Å². The van der Waals surface area contributed by atoms with Crippen molar-refractivity contribution in [3.63, 3.8) is 0 Å². The van der Waals surface area contributed by atoms with Gasteiger partial charge in [0.15, 0.2) is 34.5 Å². The second-order valence-corrected chi connectivity index (χ2v) is 17.8. The Morgan fingerprint density at radius 3 is 1.62 bits per heavy atom. The topological polar surface area (TPSA) is 231 Å². The van der Waals surface area contributed by atoms with Gasteiger partial charge in [-0.15, -0.1) is 0 Å². The maximum atomic E-state index is 16.5. The summed E-state index contributed by atoms with van der Waals surface area (Å²) in [5.74, 6) is -3.99. The van der Waals surface area contributed by atoms with E-state index in [0.717, 1.165) is 17.7 Å². The third-order valence-electron chi connectivity index (χ3n) is 13.8. The van der Waals surface area contributed by atoms with Gasteiger partial charge >= 0.3 is 0 Å². The fourth-order valence-electron chi connectivity index (χ4n) is 10.4. The van der Waals surface area contributed by atoms with Crippen molar-refractivity contribution in [1.82, 2.24) is 19.6 Å². The number of rotatable bonds is 12. The number of amides is 6. The SMILES string of the molecule is COc1ccc(-n2nc(C(N)=O)c3c2C(=O)N(c2ccc(N4CCC(c5cc(-n6nc(C(N)=O)c7c6C(=O)N(c6ccc(N8CCCC8=O)cc6C)CC7)cc(OC)c5F)C4=O)cc2C)CC3)cc1OC. The van der Waals surface area contributed by atoms with Gasteiger partial charge in [-0.25, -0.2) is 13.8 Å². The molecule has 0 radical (unpaired) electrons. The van der Waals surface area contributed by atoms with E-state index in [1.54, 1.807) is 62.1 Å². The van der Waals surface area contributed by atoms with Gasteiger partial charge in [-0.05, 0) is 105 Å². The predicted molar refractivity (Wildman–Crippen MR) is 258 cm³/mol. The van der Waals surface area contributed by atoms with Crippen LogP contribution in [-0.2, 0) is 22.4 Å². The lowest BCUT2D eigenvalue weighted by atomic mass is 9.95. The number of nitrogens with zero attached hydrogens (tertiary/aromatic N) is 8. The van der Waals surface area contributed by atoms with Gasteiger partial charge in [0.05, 0.1) is 38.6 Å². The molecule has 0 aliphatic carbocycles. The second kappa shape index (κ2) is 17.8. The highest BCUT2D eigenvalue weighted by Crippen LogP contribution is 2.41. The van der Waals surface area contributed by atoms with Gasteiger partial charge in [0.1, 0.15) is 11.4 Å². The molecule has 4 aliphatic rings. The summed E-state index contributed by atoms with van der Waals surface area (Å²) in [7, 11) is 4.27. The second-order valence-electron chi connectivity index (χ2n) is 17.8. The Morgan fingerprint density at radius 1 is 0.592 bits per heavy atom. The smallest absolute Gasteiger partial charge is 0.277 e. The molecular weight excluding hydrogens is 916 g/mol. The standard InChI is InChI=1S/C51H49FN10O9/c1-26-21-28(57-17-6-7-41(57)63)8-11-36(26)60-20-16-34-44(48(54)65)56-62(46(34)51(60)68)31-23-35(42(52)40(25-31)71-5)32-14-18-58(49(32)66)29-9-12-37(27(2)22-29)59-19-15-33-43(47(53)64)55-61(45(33)50(59)67)30-10-13-38(69-3)39(24-30)70-4/h8-13,21-25,32H,6-7,14-20H2,1-5H3,(H2,53,64)(H2,54,65). The number of benzene rings is 4. The van der Waals surface area contributed by atoms with Crippen LogP contribution >= 0.6 is 0 Å². The summed E-state index contributed by atoms with van der Waals surface area (Å²) in [6.45, 7) is 4.94. The van der Waals surface area contributed by atoms with Crippen LogP contribution in [0.25, 0.3) is 11.4 Å². The molecule has 4 N–H and O–H groups in total. The van der Waals surface area contributed by atoms with Gasteiger partial charge in [-0.2, -0.15) is 10.2 Å². The van der Waals surface area contributed by atoms with E-state index in [0.29, 0.717) is 63.9 Å². The monoisotopic (exact) mass is 964 g/mol. The van der Waals surface area contributed by atoms with Crippen molar-refractivity contribution in [3.05, 3.63) is 123 Å². The van der Waals surface area contributed by atoms with Crippen molar-refractivity contribution in [2.75, 3.05) is 67.1 Å². The molecule has 4 aliphatic heterocycles. The van der Waals surface area contributed by atoms with Crippen molar-refractivity contribution in [2.24, 2.45) is 11.5 Å². The number of ether oxygens (including phenoxy) is 3. The molecule has 4 aromatic carbocycles. The number of methoxy groups -OCH3 is 3. The third-order valence-corrected chi connectivity index (χ3v) is 13.8. The van der Waals surface area contributed by atoms with Crippen LogP contribution in [0.5, 0.6) is 17.2 Å². The first kappa shape index (κ1) is 46.2. The minimum absolute atomic E-state index is 0.00390. The number of carbonyl (C=O) groups is 6. The van der Waals surface area contributed by atoms with E-state index in [1.807, 2.05) is 26.0 Å². The molecule has 71 heavy (non-hydrogen) atoms. The highest BCUT2D eigenvalue weighted by atomic mass is 19.1. The maximum absolute atomic E-state index is 16.5. The number of anilines is 4. The molecule has 0 bridgehead atoms. The fraction of sp³-hybridized carbons (Fsp3) is 0.294. The molecule has 6 heterocycles. The number of nitrogens with two attached hydrogens (primary N) is 2. The van der Waals surface area contributed by atoms with E-state index in [2.05, 4.69) is 10.2 Å². The Labute approximate surface area is 406 Å². The predicted octanol–water partition coefficient (Wildman–Crippen LogP) is 5.09. The number of primary amides is 2. The van der Waals surface area contributed by atoms with Crippen molar-refractivity contribution in [1.29, 1.82) is 0 Å². The van der Waals surface area contributed by atoms with Crippen LogP contribution in [0.4, 0.5) is 27.1 Å². The summed E-state index contributed by atoms with van der Waals surface area (Å²) in [6.07, 6.45) is 1.98. The summed E-state index contributed by atoms with van der Waals surface area (Å²) < 4.78 is 35.5. The first-order valence-corrected chi connectivity index (χ1v) is 23.0. The van der Waals surface area contributed by atoms with Crippen LogP contribution in [0.1, 0.15) is 95.0 Å². The largest absolute Gasteiger partial charge is 0.494 e. The molecule has 2 saturated heterocycles. The maximum Gasteiger partial charge on any atom is 0.277 e. The molecule has 2 fully saturated rings. The number of aryl methyl sites for hydroxylation is 2. The molecule has 1 atom stereocenters. The molecule has 0 spiro atoms. The van der Waals surface area contributed by atoms with E-state index in [4.69, 9.17) is 25.7 Å². The van der Waals surface area contributed by atoms with Crippen LogP contribution in [0.15, 0.2) is 66.7 Å². The van der Waals surface area contributed by atoms with Crippen LogP contribution < -0.4 is 45.3 Å². The Bertz CT molecular complexity index is 3290. The lowest BCUT2D eigenvalue weighted by Crippen LogP contribution is -2.39. The van der Waals surface area contributed by atoms with E-state index in [1.165, 1.54) is 42.8 Å². The zero-order valence-electron chi connectivity index (χ0n) is 39.6. The number of hydrogen-bond donors (Lipinski definition) is 2. The number of hydrogen-bond acceptors (Lipinski definition) is 11. The summed E-state index contributed by atoms with van der Waals surface area (Å²) in [6, 6.07) is 18.5. The molecule has 6 aromatic rings. The van der Waals surface area contributed by atoms with Crippen LogP contribution in [0.2, 0.25) is 0 Å². The van der Waals surface area contributed by atoms with Gasteiger partial charge in [-0.1, -0.05) is 0 Å². The van der Waals surface area contributed by atoms with Crippen molar-refractivity contribution < 1.29 is 47.4 Å². The first-order chi connectivity index (χ1) is 34.1. The molecule has 19 nitrogen and oxygen atoms in total. The summed E-state index contributed by atoms with van der Waals surface area (Å²) in [5.41, 5.74) is 16.9. The average molecular weight is 965 g/mol. The minimum atomic E-state index is -0.986. The lowest BCUT2D eigenvalue weighted by molar-refractivity contribution is -0.118. The van der Waals surface area contributed by atoms with E-state index >= 15 is 4.39 Å². The summed E-state index contributed by atoms with van der Waals surface area (Å²) >= 11 is 0. The van der Waals surface area contributed by atoms with E-state index in [-0.39, 0.29) is 84.6 Å². The normalized spacial score (nSPS) is 16.7. The molecule has 0 saturated carbocycles. The third kappa shape index (κ3) is 7.56. The first-order valence-electron chi connectivity index (χ1n) is 23.0. The number of aromatic nitrogens is 4. The van der Waals surface area contributed by atoms with Gasteiger partial charge in [-0.3, -0.25) is 28.8 Å². The molecule has 20 heteroatoms. The zero-order chi connectivity index (χ0) is 50.2. The highest BCUT2D eigenvalue weighted by Gasteiger charge is 2.40. The van der Waals surface area contributed by atoms with Gasteiger partial charge in [0.25, 0.3) is 23.6 Å². The van der Waals surface area contributed by atoms with Crippen molar-refractivity contribution >= 4 is 58.2 Å². The Hall–Kier alpha value is -8.55. The van der Waals surface area contributed by atoms with Gasteiger partial charge in [0.2, 0.25) is 11.8 Å². The number of carbonyl (C=O) groups excluding carboxylic acids is 6. The van der Waals surface area contributed by atoms with Crippen LogP contribution in [-0.4, -0.2) is 103 Å². The Morgan fingerprint density at radius 2 is 1.11 bits per heavy atom. The minimum Gasteiger partial charge on any atom is -0.494 e.